The molecule has 2 N–H and O–H groups in total. The van der Waals surface area contributed by atoms with Crippen LogP contribution in [0.5, 0.6) is 5.75 Å². The monoisotopic (exact) mass is 477 g/mol. The molecule has 1 aliphatic carbocycles. The van der Waals surface area contributed by atoms with Gasteiger partial charge in [0, 0.05) is 35.7 Å². The number of nitrogens with one attached hydrogen (secondary N) is 1. The van der Waals surface area contributed by atoms with Crippen molar-refractivity contribution < 1.29 is 19.4 Å². The summed E-state index contributed by atoms with van der Waals surface area (Å²) in [4.78, 5) is 13.0. The number of benzene rings is 1. The van der Waals surface area contributed by atoms with Gasteiger partial charge in [0.1, 0.15) is 5.75 Å². The second kappa shape index (κ2) is 9.92. The van der Waals surface area contributed by atoms with Gasteiger partial charge >= 0.3 is 5.91 Å². The summed E-state index contributed by atoms with van der Waals surface area (Å²) in [5.74, 6) is -0.0561. The van der Waals surface area contributed by atoms with E-state index in [1.54, 1.807) is 24.3 Å². The van der Waals surface area contributed by atoms with E-state index in [1.807, 2.05) is 31.6 Å². The number of carbonyl (C=O) groups excluding carboxylic acids is 1. The largest absolute Gasteiger partial charge is 0.618 e. The molecule has 0 atom stereocenters. The molecule has 1 fully saturated rings. The van der Waals surface area contributed by atoms with Crippen LogP contribution in [0.15, 0.2) is 36.5 Å². The highest BCUT2D eigenvalue weighted by Crippen LogP contribution is 2.38. The van der Waals surface area contributed by atoms with E-state index < -0.39 is 11.5 Å². The number of ether oxygens (including phenoxy) is 1. The minimum atomic E-state index is -0.914. The van der Waals surface area contributed by atoms with Gasteiger partial charge < -0.3 is 20.4 Å². The van der Waals surface area contributed by atoms with Gasteiger partial charge in [0.25, 0.3) is 5.69 Å². The molecule has 35 heavy (non-hydrogen) atoms. The van der Waals surface area contributed by atoms with Crippen molar-refractivity contribution in [3.05, 3.63) is 53.1 Å². The molecule has 9 nitrogen and oxygen atoms in total. The van der Waals surface area contributed by atoms with Crippen LogP contribution in [0.1, 0.15) is 81.0 Å². The van der Waals surface area contributed by atoms with E-state index in [4.69, 9.17) is 15.1 Å². The molecule has 2 heterocycles. The third kappa shape index (κ3) is 5.08. The Hall–Kier alpha value is -3.64. The number of nitrogens with zero attached hydrogens (tertiary/aromatic N) is 4. The first-order valence-corrected chi connectivity index (χ1v) is 12.0. The van der Waals surface area contributed by atoms with Crippen molar-refractivity contribution in [1.82, 2.24) is 9.78 Å². The minimum Gasteiger partial charge on any atom is -0.618 e. The zero-order chi connectivity index (χ0) is 25.2. The second-order valence-electron chi connectivity index (χ2n) is 9.48. The van der Waals surface area contributed by atoms with Crippen molar-refractivity contribution >= 4 is 22.5 Å². The van der Waals surface area contributed by atoms with Gasteiger partial charge in [-0.1, -0.05) is 13.8 Å². The van der Waals surface area contributed by atoms with Gasteiger partial charge in [0.15, 0.2) is 5.69 Å². The summed E-state index contributed by atoms with van der Waals surface area (Å²) in [6.45, 7) is 6.07. The lowest BCUT2D eigenvalue weighted by atomic mass is 9.80. The summed E-state index contributed by atoms with van der Waals surface area (Å²) in [5, 5.41) is 40.6. The lowest BCUT2D eigenvalue weighted by molar-refractivity contribution is -0.617. The average Bonchev–Trinajstić information content (AvgIpc) is 3.22. The van der Waals surface area contributed by atoms with Crippen LogP contribution in [-0.4, -0.2) is 33.0 Å². The van der Waals surface area contributed by atoms with Gasteiger partial charge in [0.05, 0.1) is 41.9 Å². The first kappa shape index (κ1) is 24.5. The molecule has 9 heteroatoms. The van der Waals surface area contributed by atoms with E-state index in [0.29, 0.717) is 41.3 Å². The summed E-state index contributed by atoms with van der Waals surface area (Å²) in [6.07, 6.45) is 4.63. The summed E-state index contributed by atoms with van der Waals surface area (Å²) in [6, 6.07) is 10.7. The van der Waals surface area contributed by atoms with E-state index in [2.05, 4.69) is 11.4 Å². The van der Waals surface area contributed by atoms with E-state index in [0.717, 1.165) is 23.7 Å². The summed E-state index contributed by atoms with van der Waals surface area (Å²) in [7, 11) is 0. The zero-order valence-corrected chi connectivity index (χ0v) is 20.3. The molecule has 0 radical (unpaired) electrons. The third-order valence-electron chi connectivity index (χ3n) is 6.64. The lowest BCUT2D eigenvalue weighted by Crippen LogP contribution is -2.41. The Labute approximate surface area is 204 Å². The average molecular weight is 478 g/mol. The molecule has 4 rings (SSSR count). The quantitative estimate of drug-likeness (QED) is 0.388. The molecule has 1 aromatic carbocycles. The van der Waals surface area contributed by atoms with Crippen molar-refractivity contribution in [2.24, 2.45) is 0 Å². The minimum absolute atomic E-state index is 0.0153. The molecule has 0 unspecified atom stereocenters. The summed E-state index contributed by atoms with van der Waals surface area (Å²) >= 11 is 0. The third-order valence-corrected chi connectivity index (χ3v) is 6.64. The van der Waals surface area contributed by atoms with Crippen LogP contribution in [0.2, 0.25) is 0 Å². The lowest BCUT2D eigenvalue weighted by Gasteiger charge is -2.34. The van der Waals surface area contributed by atoms with Crippen molar-refractivity contribution in [3.8, 4) is 11.8 Å². The molecule has 0 bridgehead atoms. The van der Waals surface area contributed by atoms with Crippen molar-refractivity contribution in [2.75, 3.05) is 11.9 Å². The van der Waals surface area contributed by atoms with Crippen LogP contribution in [0.3, 0.4) is 0 Å². The molecular formula is C26H31N5O4. The van der Waals surface area contributed by atoms with E-state index in [9.17, 15) is 15.1 Å². The smallest absolute Gasteiger partial charge is 0.321 e. The Balaban J connectivity index is 1.60. The highest BCUT2D eigenvalue weighted by molar-refractivity contribution is 6.04. The van der Waals surface area contributed by atoms with Crippen molar-refractivity contribution in [2.45, 2.75) is 70.4 Å². The maximum absolute atomic E-state index is 13.0. The normalized spacial score (nSPS) is 20.1. The molecule has 3 aromatic rings. The molecule has 184 valence electrons. The summed E-state index contributed by atoms with van der Waals surface area (Å²) < 4.78 is 8.34. The Morgan fingerprint density at radius 2 is 2.14 bits per heavy atom. The van der Waals surface area contributed by atoms with Gasteiger partial charge in [-0.15, -0.1) is 0 Å². The highest BCUT2D eigenvalue weighted by atomic mass is 16.5. The van der Waals surface area contributed by atoms with Gasteiger partial charge in [-0.3, -0.25) is 9.48 Å². The van der Waals surface area contributed by atoms with Crippen LogP contribution in [0.25, 0.3) is 10.9 Å². The highest BCUT2D eigenvalue weighted by Gasteiger charge is 2.34. The number of hydrogen-bond donors (Lipinski definition) is 2. The maximum atomic E-state index is 13.0. The Morgan fingerprint density at radius 1 is 1.40 bits per heavy atom. The fraction of sp³-hybridized carbons (Fsp3) is 0.462. The Bertz CT molecular complexity index is 1270. The molecule has 1 amide bonds. The van der Waals surface area contributed by atoms with Crippen LogP contribution in [-0.2, 0) is 0 Å². The maximum Gasteiger partial charge on any atom is 0.321 e. The number of carbonyl (C=O) groups is 1. The molecule has 1 saturated carbocycles. The van der Waals surface area contributed by atoms with Crippen LogP contribution >= 0.6 is 0 Å². The van der Waals surface area contributed by atoms with Gasteiger partial charge in [-0.2, -0.15) is 15.1 Å². The predicted molar refractivity (Wildman–Crippen MR) is 131 cm³/mol. The number of nitriles is 1. The zero-order valence-electron chi connectivity index (χ0n) is 20.3. The van der Waals surface area contributed by atoms with Crippen LogP contribution in [0.4, 0.5) is 5.69 Å². The summed E-state index contributed by atoms with van der Waals surface area (Å²) in [5.41, 5.74) is 0.814. The second-order valence-corrected chi connectivity index (χ2v) is 9.48. The van der Waals surface area contributed by atoms with Gasteiger partial charge in [-0.25, -0.2) is 0 Å². The topological polar surface area (TPSA) is 127 Å². The van der Waals surface area contributed by atoms with Gasteiger partial charge in [0.2, 0.25) is 0 Å². The molecule has 1 aliphatic rings. The number of anilines is 1. The Kier molecular flexibility index (Phi) is 6.94. The van der Waals surface area contributed by atoms with Crippen LogP contribution in [0, 0.1) is 16.5 Å². The van der Waals surface area contributed by atoms with Gasteiger partial charge in [-0.05, 0) is 44.7 Å². The number of aromatic nitrogens is 3. The SMILES string of the molecule is CCOc1cc2nn(C3CCC(O)(CC#N)CC3)cc2cc1NC(=O)c1cccc(C(C)C)[n+]1[O-]. The molecule has 0 aliphatic heterocycles. The first-order chi connectivity index (χ1) is 16.7. The predicted octanol–water partition coefficient (Wildman–Crippen LogP) is 4.20. The number of fused-ring (bicyclic) bond motifs is 1. The number of pyridine rings is 1. The number of hydrogen-bond acceptors (Lipinski definition) is 6. The van der Waals surface area contributed by atoms with Crippen LogP contribution < -0.4 is 14.8 Å². The standard InChI is InChI=1S/C26H31N5O4/c1-4-35-24-15-20-18(16-30(29-20)19-8-10-26(33,11-9-19)12-13-27)14-21(24)28-25(32)23-7-5-6-22(17(2)3)31(23)34/h5-7,14-17,19,33H,4,8-12H2,1-3H3,(H,28,32). The number of amides is 1. The fourth-order valence-corrected chi connectivity index (χ4v) is 4.65. The number of aliphatic hydroxyl groups is 1. The molecular weight excluding hydrogens is 446 g/mol. The number of rotatable bonds is 7. The van der Waals surface area contributed by atoms with E-state index in [-0.39, 0.29) is 24.1 Å². The van der Waals surface area contributed by atoms with Crippen molar-refractivity contribution in [1.29, 1.82) is 5.26 Å². The molecule has 0 saturated heterocycles. The molecule has 0 spiro atoms. The Morgan fingerprint density at radius 3 is 2.80 bits per heavy atom. The fourth-order valence-electron chi connectivity index (χ4n) is 4.65. The van der Waals surface area contributed by atoms with Crippen molar-refractivity contribution in [3.63, 3.8) is 0 Å². The van der Waals surface area contributed by atoms with E-state index in [1.165, 1.54) is 6.07 Å². The molecule has 2 aromatic heterocycles. The van der Waals surface area contributed by atoms with E-state index >= 15 is 0 Å². The first-order valence-electron chi connectivity index (χ1n) is 12.0.